The Hall–Kier alpha value is -3.37. The number of nitrogens with one attached hydrogen (secondary N) is 1. The van der Waals surface area contributed by atoms with E-state index in [1.807, 2.05) is 17.5 Å². The fourth-order valence-electron chi connectivity index (χ4n) is 3.71. The average molecular weight is 438 g/mol. The van der Waals surface area contributed by atoms with Crippen LogP contribution >= 0.6 is 11.3 Å². The van der Waals surface area contributed by atoms with Gasteiger partial charge in [0.2, 0.25) is 5.95 Å². The number of piperazine rings is 1. The van der Waals surface area contributed by atoms with Gasteiger partial charge in [0.25, 0.3) is 0 Å². The highest BCUT2D eigenvalue weighted by Gasteiger charge is 2.24. The van der Waals surface area contributed by atoms with E-state index in [1.165, 1.54) is 23.5 Å². The summed E-state index contributed by atoms with van der Waals surface area (Å²) in [5, 5.41) is 1.92. The summed E-state index contributed by atoms with van der Waals surface area (Å²) in [5.41, 5.74) is 7.85. The number of H-pyrrole nitrogens is 1. The normalized spacial score (nSPS) is 14.9. The maximum absolute atomic E-state index is 13.3. The van der Waals surface area contributed by atoms with Crippen molar-refractivity contribution in [2.45, 2.75) is 0 Å². The number of rotatable bonds is 5. The van der Waals surface area contributed by atoms with Crippen molar-refractivity contribution in [3.8, 4) is 11.4 Å². The molecular weight excluding hydrogens is 417 g/mol. The number of aromatic amines is 1. The minimum absolute atomic E-state index is 0.148. The molecule has 0 amide bonds. The largest absolute Gasteiger partial charge is 0.368 e. The molecule has 3 aromatic heterocycles. The summed E-state index contributed by atoms with van der Waals surface area (Å²) in [5.74, 6) is 1.26. The summed E-state index contributed by atoms with van der Waals surface area (Å²) in [6.45, 7) is 3.29. The van der Waals surface area contributed by atoms with Gasteiger partial charge in [-0.3, -0.25) is 9.69 Å². The van der Waals surface area contributed by atoms with Crippen LogP contribution in [0.2, 0.25) is 0 Å². The number of carbonyl (C=O) groups excluding carboxylic acids is 1. The molecule has 0 unspecified atom stereocenters. The lowest BCUT2D eigenvalue weighted by Crippen LogP contribution is -2.48. The number of nitrogens with two attached hydrogens (primary N) is 1. The third-order valence-corrected chi connectivity index (χ3v) is 6.21. The van der Waals surface area contributed by atoms with Crippen molar-refractivity contribution >= 4 is 40.1 Å². The van der Waals surface area contributed by atoms with Crippen LogP contribution in [0.1, 0.15) is 9.67 Å². The first-order valence-electron chi connectivity index (χ1n) is 9.90. The number of nitrogens with zero attached hydrogens (tertiary/aromatic N) is 5. The fraction of sp³-hybridized carbons (Fsp3) is 0.238. The molecule has 0 aliphatic carbocycles. The van der Waals surface area contributed by atoms with Crippen molar-refractivity contribution in [1.82, 2.24) is 24.8 Å². The molecule has 1 aliphatic rings. The molecule has 1 aromatic carbocycles. The van der Waals surface area contributed by atoms with Crippen LogP contribution in [-0.2, 0) is 0 Å². The van der Waals surface area contributed by atoms with Crippen LogP contribution < -0.4 is 10.6 Å². The molecule has 1 aliphatic heterocycles. The third-order valence-electron chi connectivity index (χ3n) is 5.30. The number of nitrogen functional groups attached to an aromatic ring is 1. The smallest absolute Gasteiger partial charge is 0.224 e. The summed E-state index contributed by atoms with van der Waals surface area (Å²) in [7, 11) is 0. The van der Waals surface area contributed by atoms with Gasteiger partial charge in [-0.05, 0) is 35.7 Å². The maximum atomic E-state index is 13.3. The van der Waals surface area contributed by atoms with Crippen LogP contribution in [0.15, 0.2) is 41.8 Å². The monoisotopic (exact) mass is 437 g/mol. The Kier molecular flexibility index (Phi) is 5.08. The zero-order valence-electron chi connectivity index (χ0n) is 16.6. The first-order valence-corrected chi connectivity index (χ1v) is 10.8. The lowest BCUT2D eigenvalue weighted by molar-refractivity contribution is 0.0930. The number of Topliss-reactive ketones (excluding diaryl/α,β-unsaturated/α-hetero) is 1. The van der Waals surface area contributed by atoms with Gasteiger partial charge in [0.15, 0.2) is 17.2 Å². The quantitative estimate of drug-likeness (QED) is 0.463. The Balaban J connectivity index is 1.35. The summed E-state index contributed by atoms with van der Waals surface area (Å²) < 4.78 is 13.3. The minimum atomic E-state index is -0.306. The fourth-order valence-corrected chi connectivity index (χ4v) is 4.36. The van der Waals surface area contributed by atoms with Crippen LogP contribution in [0.4, 0.5) is 16.2 Å². The SMILES string of the molecule is Nc1nc(N2CCN(CC(=O)c3cccs3)CC2)c2[nH]c(-c3ccc(F)cc3)nc2n1. The number of ketones is 1. The van der Waals surface area contributed by atoms with Gasteiger partial charge in [-0.2, -0.15) is 9.97 Å². The summed E-state index contributed by atoms with van der Waals surface area (Å²) >= 11 is 1.47. The zero-order valence-corrected chi connectivity index (χ0v) is 17.4. The molecule has 1 fully saturated rings. The van der Waals surface area contributed by atoms with Crippen molar-refractivity contribution in [3.05, 3.63) is 52.5 Å². The molecule has 0 saturated carbocycles. The summed E-state index contributed by atoms with van der Waals surface area (Å²) in [4.78, 5) is 33.9. The highest BCUT2D eigenvalue weighted by molar-refractivity contribution is 7.12. The molecule has 0 atom stereocenters. The van der Waals surface area contributed by atoms with Crippen molar-refractivity contribution in [2.24, 2.45) is 0 Å². The summed E-state index contributed by atoms with van der Waals surface area (Å²) in [6, 6.07) is 9.85. The van der Waals surface area contributed by atoms with Gasteiger partial charge >= 0.3 is 0 Å². The van der Waals surface area contributed by atoms with Gasteiger partial charge < -0.3 is 15.6 Å². The van der Waals surface area contributed by atoms with E-state index in [4.69, 9.17) is 5.73 Å². The lowest BCUT2D eigenvalue weighted by atomic mass is 10.2. The van der Waals surface area contributed by atoms with Gasteiger partial charge in [-0.15, -0.1) is 11.3 Å². The number of fused-ring (bicyclic) bond motifs is 1. The molecule has 31 heavy (non-hydrogen) atoms. The Morgan fingerprint density at radius 1 is 1.10 bits per heavy atom. The number of halogens is 1. The van der Waals surface area contributed by atoms with E-state index in [0.29, 0.717) is 42.4 Å². The number of benzene rings is 1. The molecule has 8 nitrogen and oxygen atoms in total. The predicted molar refractivity (Wildman–Crippen MR) is 119 cm³/mol. The molecule has 10 heteroatoms. The average Bonchev–Trinajstić information content (AvgIpc) is 3.44. The molecular formula is C21H20FN7OS. The molecule has 3 N–H and O–H groups in total. The van der Waals surface area contributed by atoms with E-state index in [2.05, 4.69) is 29.7 Å². The number of imidazole rings is 1. The predicted octanol–water partition coefficient (Wildman–Crippen LogP) is 2.81. The van der Waals surface area contributed by atoms with Gasteiger partial charge in [0.1, 0.15) is 17.2 Å². The Morgan fingerprint density at radius 3 is 2.58 bits per heavy atom. The van der Waals surface area contributed by atoms with Crippen LogP contribution in [0, 0.1) is 5.82 Å². The van der Waals surface area contributed by atoms with E-state index in [1.54, 1.807) is 12.1 Å². The number of thiophene rings is 1. The standard InChI is InChI=1S/C21H20FN7OS/c22-14-5-3-13(4-6-14)18-24-17-19(25-18)26-21(23)27-20(17)29-9-7-28(8-10-29)12-15(30)16-2-1-11-31-16/h1-6,11H,7-10,12H2,(H3,23,24,25,26,27). The molecule has 158 valence electrons. The minimum Gasteiger partial charge on any atom is -0.368 e. The Labute approximate surface area is 181 Å². The van der Waals surface area contributed by atoms with Gasteiger partial charge in [0.05, 0.1) is 11.4 Å². The second-order valence-electron chi connectivity index (χ2n) is 7.36. The number of carbonyl (C=O) groups is 1. The van der Waals surface area contributed by atoms with Crippen molar-refractivity contribution in [3.63, 3.8) is 0 Å². The number of hydrogen-bond acceptors (Lipinski definition) is 8. The van der Waals surface area contributed by atoms with Gasteiger partial charge in [-0.25, -0.2) is 9.37 Å². The van der Waals surface area contributed by atoms with E-state index < -0.39 is 0 Å². The van der Waals surface area contributed by atoms with Crippen LogP contribution in [0.5, 0.6) is 0 Å². The van der Waals surface area contributed by atoms with Crippen LogP contribution in [-0.4, -0.2) is 63.3 Å². The van der Waals surface area contributed by atoms with Crippen molar-refractivity contribution in [1.29, 1.82) is 0 Å². The Morgan fingerprint density at radius 2 is 1.87 bits per heavy atom. The molecule has 5 rings (SSSR count). The number of aromatic nitrogens is 4. The highest BCUT2D eigenvalue weighted by Crippen LogP contribution is 2.27. The van der Waals surface area contributed by atoms with Gasteiger partial charge in [-0.1, -0.05) is 6.07 Å². The van der Waals surface area contributed by atoms with Crippen LogP contribution in [0.3, 0.4) is 0 Å². The van der Waals surface area contributed by atoms with E-state index in [-0.39, 0.29) is 17.5 Å². The molecule has 4 aromatic rings. The highest BCUT2D eigenvalue weighted by atomic mass is 32.1. The number of hydrogen-bond donors (Lipinski definition) is 2. The third kappa shape index (κ3) is 3.99. The first kappa shape index (κ1) is 19.6. The molecule has 0 bridgehead atoms. The van der Waals surface area contributed by atoms with Gasteiger partial charge in [0, 0.05) is 31.7 Å². The molecule has 0 spiro atoms. The lowest BCUT2D eigenvalue weighted by Gasteiger charge is -2.35. The topological polar surface area (TPSA) is 104 Å². The van der Waals surface area contributed by atoms with Crippen LogP contribution in [0.25, 0.3) is 22.6 Å². The molecule has 4 heterocycles. The molecule has 0 radical (unpaired) electrons. The van der Waals surface area contributed by atoms with Crippen molar-refractivity contribution in [2.75, 3.05) is 43.4 Å². The van der Waals surface area contributed by atoms with E-state index in [9.17, 15) is 9.18 Å². The van der Waals surface area contributed by atoms with E-state index in [0.717, 1.165) is 23.5 Å². The Bertz CT molecular complexity index is 1210. The van der Waals surface area contributed by atoms with Crippen molar-refractivity contribution < 1.29 is 9.18 Å². The second kappa shape index (κ2) is 8.05. The zero-order chi connectivity index (χ0) is 21.4. The second-order valence-corrected chi connectivity index (χ2v) is 8.31. The summed E-state index contributed by atoms with van der Waals surface area (Å²) in [6.07, 6.45) is 0. The van der Waals surface area contributed by atoms with E-state index >= 15 is 0 Å². The maximum Gasteiger partial charge on any atom is 0.224 e. The molecule has 1 saturated heterocycles. The first-order chi connectivity index (χ1) is 15.1. The number of anilines is 2.